The lowest BCUT2D eigenvalue weighted by Crippen LogP contribution is -2.03. The third-order valence-electron chi connectivity index (χ3n) is 3.84. The normalized spacial score (nSPS) is 11.1. The molecule has 0 aliphatic carbocycles. The number of nitrogens with zero attached hydrogens (tertiary/aromatic N) is 1. The van der Waals surface area contributed by atoms with Crippen LogP contribution in [0.1, 0.15) is 21.5 Å². The highest BCUT2D eigenvalue weighted by Gasteiger charge is 2.02. The minimum atomic E-state index is -0.979. The third kappa shape index (κ3) is 6.16. The summed E-state index contributed by atoms with van der Waals surface area (Å²) in [5.74, 6) is -1.06. The van der Waals surface area contributed by atoms with Gasteiger partial charge in [0.25, 0.3) is 0 Å². The van der Waals surface area contributed by atoms with Gasteiger partial charge in [-0.1, -0.05) is 23.7 Å². The number of hydrogen-bond donors (Lipinski definition) is 1. The zero-order valence-corrected chi connectivity index (χ0v) is 15.9. The number of benzene rings is 3. The van der Waals surface area contributed by atoms with Gasteiger partial charge in [-0.2, -0.15) is 0 Å². The van der Waals surface area contributed by atoms with E-state index >= 15 is 0 Å². The molecule has 0 fully saturated rings. The number of ether oxygens (including phenoxy) is 1. The Balaban J connectivity index is 1.58. The minimum Gasteiger partial charge on any atom is -0.478 e. The van der Waals surface area contributed by atoms with Crippen molar-refractivity contribution in [3.63, 3.8) is 0 Å². The molecule has 144 valence electrons. The summed E-state index contributed by atoms with van der Waals surface area (Å²) in [5.41, 5.74) is 2.45. The predicted molar refractivity (Wildman–Crippen MR) is 113 cm³/mol. The van der Waals surface area contributed by atoms with Gasteiger partial charge in [-0.05, 0) is 77.9 Å². The highest BCUT2D eigenvalue weighted by atomic mass is 35.5. The molecule has 0 aromatic heterocycles. The monoisotopic (exact) mass is 405 g/mol. The summed E-state index contributed by atoms with van der Waals surface area (Å²) in [6.45, 7) is 0. The van der Waals surface area contributed by atoms with E-state index < -0.39 is 11.9 Å². The highest BCUT2D eigenvalue weighted by molar-refractivity contribution is 6.30. The first-order chi connectivity index (χ1) is 14.0. The summed E-state index contributed by atoms with van der Waals surface area (Å²) in [7, 11) is 0. The first kappa shape index (κ1) is 20.0. The van der Waals surface area contributed by atoms with Gasteiger partial charge in [0.05, 0.1) is 11.3 Å². The first-order valence-electron chi connectivity index (χ1n) is 8.62. The summed E-state index contributed by atoms with van der Waals surface area (Å²) in [6.07, 6.45) is 4.60. The van der Waals surface area contributed by atoms with E-state index in [9.17, 15) is 9.59 Å². The van der Waals surface area contributed by atoms with Gasteiger partial charge < -0.3 is 9.84 Å². The third-order valence-corrected chi connectivity index (χ3v) is 4.07. The van der Waals surface area contributed by atoms with Crippen molar-refractivity contribution in [2.45, 2.75) is 0 Å². The second-order valence-electron chi connectivity index (χ2n) is 5.99. The molecule has 3 aromatic carbocycles. The number of aliphatic imine (C=N–C) groups is 1. The molecule has 0 heterocycles. The predicted octanol–water partition coefficient (Wildman–Crippen LogP) is 5.41. The molecule has 0 bridgehead atoms. The van der Waals surface area contributed by atoms with Gasteiger partial charge in [0, 0.05) is 17.3 Å². The second kappa shape index (κ2) is 9.48. The van der Waals surface area contributed by atoms with Crippen molar-refractivity contribution in [3.05, 3.63) is 101 Å². The van der Waals surface area contributed by atoms with Gasteiger partial charge in [-0.25, -0.2) is 9.59 Å². The smallest absolute Gasteiger partial charge is 0.336 e. The van der Waals surface area contributed by atoms with E-state index in [1.54, 1.807) is 66.9 Å². The molecule has 0 saturated carbocycles. The van der Waals surface area contributed by atoms with Crippen LogP contribution in [0.15, 0.2) is 83.9 Å². The van der Waals surface area contributed by atoms with Crippen molar-refractivity contribution in [1.82, 2.24) is 0 Å². The second-order valence-corrected chi connectivity index (χ2v) is 6.43. The van der Waals surface area contributed by atoms with Gasteiger partial charge in [0.15, 0.2) is 0 Å². The molecular formula is C23H16ClNO4. The van der Waals surface area contributed by atoms with E-state index in [0.29, 0.717) is 16.5 Å². The molecule has 0 aliphatic rings. The summed E-state index contributed by atoms with van der Waals surface area (Å²) in [6, 6.07) is 20.2. The highest BCUT2D eigenvalue weighted by Crippen LogP contribution is 2.16. The summed E-state index contributed by atoms with van der Waals surface area (Å²) in [5, 5.41) is 9.48. The SMILES string of the molecule is O=C(/C=C/c1cccc(Cl)c1)Oc1ccc(/C=N/c2ccc(C(=O)O)cc2)cc1. The van der Waals surface area contributed by atoms with Crippen molar-refractivity contribution < 1.29 is 19.4 Å². The molecule has 0 amide bonds. The lowest BCUT2D eigenvalue weighted by molar-refractivity contribution is -0.128. The molecule has 0 radical (unpaired) electrons. The van der Waals surface area contributed by atoms with E-state index in [-0.39, 0.29) is 5.56 Å². The molecule has 0 unspecified atom stereocenters. The largest absolute Gasteiger partial charge is 0.478 e. The summed E-state index contributed by atoms with van der Waals surface area (Å²) in [4.78, 5) is 27.1. The number of carbonyl (C=O) groups is 2. The van der Waals surface area contributed by atoms with Crippen LogP contribution in [0.2, 0.25) is 5.02 Å². The molecule has 3 aromatic rings. The topological polar surface area (TPSA) is 76.0 Å². The number of carboxylic acid groups (broad SMARTS) is 1. The van der Waals surface area contributed by atoms with Crippen molar-refractivity contribution >= 4 is 41.5 Å². The average Bonchev–Trinajstić information content (AvgIpc) is 2.72. The van der Waals surface area contributed by atoms with E-state index in [0.717, 1.165) is 11.1 Å². The molecule has 0 atom stereocenters. The lowest BCUT2D eigenvalue weighted by atomic mass is 10.2. The van der Waals surface area contributed by atoms with Crippen molar-refractivity contribution in [2.75, 3.05) is 0 Å². The maximum Gasteiger partial charge on any atom is 0.336 e. The van der Waals surface area contributed by atoms with Crippen LogP contribution in [-0.4, -0.2) is 23.3 Å². The van der Waals surface area contributed by atoms with Crippen molar-refractivity contribution in [1.29, 1.82) is 0 Å². The number of carboxylic acids is 1. The fourth-order valence-electron chi connectivity index (χ4n) is 2.39. The zero-order chi connectivity index (χ0) is 20.6. The maximum absolute atomic E-state index is 11.9. The van der Waals surface area contributed by atoms with Gasteiger partial charge >= 0.3 is 11.9 Å². The van der Waals surface area contributed by atoms with E-state index in [1.807, 2.05) is 6.07 Å². The van der Waals surface area contributed by atoms with Crippen LogP contribution < -0.4 is 4.74 Å². The average molecular weight is 406 g/mol. The van der Waals surface area contributed by atoms with Gasteiger partial charge in [-0.15, -0.1) is 0 Å². The minimum absolute atomic E-state index is 0.208. The van der Waals surface area contributed by atoms with E-state index in [1.165, 1.54) is 18.2 Å². The van der Waals surface area contributed by atoms with Crippen LogP contribution in [0.4, 0.5) is 5.69 Å². The lowest BCUT2D eigenvalue weighted by Gasteiger charge is -2.02. The van der Waals surface area contributed by atoms with Crippen LogP contribution in [0, 0.1) is 0 Å². The van der Waals surface area contributed by atoms with E-state index in [4.69, 9.17) is 21.4 Å². The number of rotatable bonds is 6. The maximum atomic E-state index is 11.9. The fourth-order valence-corrected chi connectivity index (χ4v) is 2.58. The Hall–Kier alpha value is -3.70. The Morgan fingerprint density at radius 1 is 0.931 bits per heavy atom. The molecule has 3 rings (SSSR count). The fraction of sp³-hybridized carbons (Fsp3) is 0. The van der Waals surface area contributed by atoms with Crippen LogP contribution in [0.3, 0.4) is 0 Å². The quantitative estimate of drug-likeness (QED) is 0.257. The number of carbonyl (C=O) groups excluding carboxylic acids is 1. The van der Waals surface area contributed by atoms with Crippen LogP contribution in [0.5, 0.6) is 5.75 Å². The molecule has 29 heavy (non-hydrogen) atoms. The van der Waals surface area contributed by atoms with Crippen molar-refractivity contribution in [2.24, 2.45) is 4.99 Å². The van der Waals surface area contributed by atoms with E-state index in [2.05, 4.69) is 4.99 Å². The molecule has 5 nitrogen and oxygen atoms in total. The number of aromatic carboxylic acids is 1. The first-order valence-corrected chi connectivity index (χ1v) is 9.00. The van der Waals surface area contributed by atoms with Crippen LogP contribution in [-0.2, 0) is 4.79 Å². The Bertz CT molecular complexity index is 1070. The van der Waals surface area contributed by atoms with Gasteiger partial charge in [-0.3, -0.25) is 4.99 Å². The van der Waals surface area contributed by atoms with Crippen molar-refractivity contribution in [3.8, 4) is 5.75 Å². The van der Waals surface area contributed by atoms with Crippen LogP contribution >= 0.6 is 11.6 Å². The molecule has 0 saturated heterocycles. The molecular weight excluding hydrogens is 390 g/mol. The summed E-state index contributed by atoms with van der Waals surface area (Å²) < 4.78 is 5.26. The summed E-state index contributed by atoms with van der Waals surface area (Å²) >= 11 is 5.90. The molecule has 0 aliphatic heterocycles. The van der Waals surface area contributed by atoms with Crippen LogP contribution in [0.25, 0.3) is 6.08 Å². The van der Waals surface area contributed by atoms with Gasteiger partial charge in [0.1, 0.15) is 5.75 Å². The Labute approximate surface area is 172 Å². The number of esters is 1. The molecule has 1 N–H and O–H groups in total. The molecule has 0 spiro atoms. The number of halogens is 1. The Morgan fingerprint density at radius 3 is 2.31 bits per heavy atom. The molecule has 6 heteroatoms. The zero-order valence-electron chi connectivity index (χ0n) is 15.2. The van der Waals surface area contributed by atoms with Gasteiger partial charge in [0.2, 0.25) is 0 Å². The Morgan fingerprint density at radius 2 is 1.66 bits per heavy atom. The number of hydrogen-bond acceptors (Lipinski definition) is 4. The Kier molecular flexibility index (Phi) is 6.55. The standard InChI is InChI=1S/C23H16ClNO4/c24-19-3-1-2-16(14-19)6-13-22(26)29-21-11-4-17(5-12-21)15-25-20-9-7-18(8-10-20)23(27)28/h1-15H,(H,27,28)/b13-6+,25-15+.